The van der Waals surface area contributed by atoms with Gasteiger partial charge < -0.3 is 9.80 Å². The topological polar surface area (TPSA) is 56.8 Å². The van der Waals surface area contributed by atoms with Crippen LogP contribution in [0.4, 0.5) is 0 Å². The molecular weight excluding hydrogens is 376 g/mol. The van der Waals surface area contributed by atoms with Crippen molar-refractivity contribution in [3.63, 3.8) is 0 Å². The van der Waals surface area contributed by atoms with Crippen molar-refractivity contribution in [1.82, 2.24) is 19.7 Å². The number of benzene rings is 1. The third-order valence-electron chi connectivity index (χ3n) is 6.12. The van der Waals surface area contributed by atoms with Gasteiger partial charge >= 0.3 is 0 Å². The van der Waals surface area contributed by atoms with Gasteiger partial charge in [0.15, 0.2) is 0 Å². The Morgan fingerprint density at radius 3 is 2.40 bits per heavy atom. The minimum atomic E-state index is -0.0687. The van der Waals surface area contributed by atoms with Gasteiger partial charge in [-0.3, -0.25) is 19.5 Å². The monoisotopic (exact) mass is 406 g/mol. The van der Waals surface area contributed by atoms with Crippen LogP contribution in [0.1, 0.15) is 24.1 Å². The molecule has 0 spiro atoms. The van der Waals surface area contributed by atoms with E-state index in [0.717, 1.165) is 63.4 Å². The second-order valence-corrected chi connectivity index (χ2v) is 8.26. The molecule has 0 aliphatic carbocycles. The molecule has 3 heterocycles. The van der Waals surface area contributed by atoms with Gasteiger partial charge in [-0.25, -0.2) is 0 Å². The van der Waals surface area contributed by atoms with Crippen LogP contribution in [0.15, 0.2) is 54.7 Å². The number of piperidine rings is 1. The van der Waals surface area contributed by atoms with Gasteiger partial charge in [-0.2, -0.15) is 0 Å². The molecule has 158 valence electrons. The summed E-state index contributed by atoms with van der Waals surface area (Å²) in [5.74, 6) is 0.268. The molecule has 2 aromatic rings. The third-order valence-corrected chi connectivity index (χ3v) is 6.12. The Kier molecular flexibility index (Phi) is 6.74. The van der Waals surface area contributed by atoms with Gasteiger partial charge in [0.05, 0.1) is 18.0 Å². The van der Waals surface area contributed by atoms with Crippen LogP contribution < -0.4 is 0 Å². The number of aromatic nitrogens is 1. The number of pyridine rings is 1. The van der Waals surface area contributed by atoms with Crippen LogP contribution in [0.25, 0.3) is 0 Å². The summed E-state index contributed by atoms with van der Waals surface area (Å²) in [5.41, 5.74) is 2.09. The van der Waals surface area contributed by atoms with Gasteiger partial charge in [-0.1, -0.05) is 36.4 Å². The van der Waals surface area contributed by atoms with E-state index >= 15 is 0 Å². The molecule has 0 N–H and O–H groups in total. The Hall–Kier alpha value is -2.73. The maximum Gasteiger partial charge on any atom is 0.227 e. The Balaban J connectivity index is 1.27. The summed E-state index contributed by atoms with van der Waals surface area (Å²) in [5, 5.41) is 0. The maximum absolute atomic E-state index is 13.1. The lowest BCUT2D eigenvalue weighted by Crippen LogP contribution is -2.53. The summed E-state index contributed by atoms with van der Waals surface area (Å²) in [4.78, 5) is 36.4. The maximum atomic E-state index is 13.1. The Morgan fingerprint density at radius 1 is 0.900 bits per heavy atom. The van der Waals surface area contributed by atoms with Crippen LogP contribution in [0.2, 0.25) is 0 Å². The second kappa shape index (κ2) is 9.85. The van der Waals surface area contributed by atoms with E-state index in [4.69, 9.17) is 0 Å². The first-order valence-corrected chi connectivity index (χ1v) is 10.9. The number of carbonyl (C=O) groups excluding carboxylic acids is 2. The van der Waals surface area contributed by atoms with Crippen molar-refractivity contribution in [2.75, 3.05) is 39.3 Å². The average Bonchev–Trinajstić information content (AvgIpc) is 2.80. The quantitative estimate of drug-likeness (QED) is 0.764. The van der Waals surface area contributed by atoms with Crippen LogP contribution in [0, 0.1) is 5.92 Å². The molecule has 1 aromatic carbocycles. The molecule has 2 aliphatic heterocycles. The van der Waals surface area contributed by atoms with Crippen LogP contribution in [-0.2, 0) is 22.6 Å². The fraction of sp³-hybridized carbons (Fsp3) is 0.458. The summed E-state index contributed by atoms with van der Waals surface area (Å²) in [6.07, 6.45) is 4.01. The number of rotatable bonds is 5. The molecule has 4 rings (SSSR count). The summed E-state index contributed by atoms with van der Waals surface area (Å²) in [7, 11) is 0. The third kappa shape index (κ3) is 5.25. The lowest BCUT2D eigenvalue weighted by Gasteiger charge is -2.39. The molecule has 2 aliphatic rings. The predicted molar refractivity (Wildman–Crippen MR) is 116 cm³/mol. The Labute approximate surface area is 178 Å². The van der Waals surface area contributed by atoms with Gasteiger partial charge in [0, 0.05) is 52.0 Å². The molecule has 1 aromatic heterocycles. The molecule has 0 bridgehead atoms. The number of hydrogen-bond donors (Lipinski definition) is 0. The van der Waals surface area contributed by atoms with Crippen LogP contribution in [0.5, 0.6) is 0 Å². The van der Waals surface area contributed by atoms with Gasteiger partial charge in [-0.05, 0) is 30.5 Å². The lowest BCUT2D eigenvalue weighted by molar-refractivity contribution is -0.142. The van der Waals surface area contributed by atoms with E-state index in [1.54, 1.807) is 0 Å². The van der Waals surface area contributed by atoms with E-state index in [9.17, 15) is 9.59 Å². The molecule has 0 unspecified atom stereocenters. The first kappa shape index (κ1) is 20.5. The normalized spacial score (nSPS) is 20.2. The number of piperazine rings is 1. The van der Waals surface area contributed by atoms with Crippen molar-refractivity contribution in [3.05, 3.63) is 66.0 Å². The Bertz CT molecular complexity index is 835. The summed E-state index contributed by atoms with van der Waals surface area (Å²) < 4.78 is 0. The van der Waals surface area contributed by atoms with E-state index in [1.165, 1.54) is 0 Å². The largest absolute Gasteiger partial charge is 0.342 e. The van der Waals surface area contributed by atoms with E-state index in [0.29, 0.717) is 13.0 Å². The molecule has 0 saturated carbocycles. The zero-order chi connectivity index (χ0) is 20.8. The number of amides is 2. The lowest BCUT2D eigenvalue weighted by atomic mass is 9.95. The molecule has 1 atom stereocenters. The van der Waals surface area contributed by atoms with E-state index < -0.39 is 0 Å². The van der Waals surface area contributed by atoms with Gasteiger partial charge in [0.25, 0.3) is 0 Å². The summed E-state index contributed by atoms with van der Waals surface area (Å²) >= 11 is 0. The Morgan fingerprint density at radius 2 is 1.67 bits per heavy atom. The molecule has 30 heavy (non-hydrogen) atoms. The van der Waals surface area contributed by atoms with E-state index in [1.807, 2.05) is 64.5 Å². The van der Waals surface area contributed by atoms with Gasteiger partial charge in [0.1, 0.15) is 0 Å². The smallest absolute Gasteiger partial charge is 0.227 e. The average molecular weight is 407 g/mol. The number of nitrogens with zero attached hydrogens (tertiary/aromatic N) is 4. The molecule has 0 radical (unpaired) electrons. The summed E-state index contributed by atoms with van der Waals surface area (Å²) in [6, 6.07) is 15.8. The highest BCUT2D eigenvalue weighted by molar-refractivity contribution is 5.82. The molecule has 6 heteroatoms. The minimum Gasteiger partial charge on any atom is -0.342 e. The zero-order valence-corrected chi connectivity index (χ0v) is 17.4. The molecule has 2 amide bonds. The highest BCUT2D eigenvalue weighted by Gasteiger charge is 2.32. The summed E-state index contributed by atoms with van der Waals surface area (Å²) in [6.45, 7) is 5.37. The molecular formula is C24H30N4O2. The minimum absolute atomic E-state index is 0.0687. The van der Waals surface area contributed by atoms with Gasteiger partial charge in [-0.15, -0.1) is 0 Å². The highest BCUT2D eigenvalue weighted by Crippen LogP contribution is 2.21. The van der Waals surface area contributed by atoms with Crippen molar-refractivity contribution < 1.29 is 9.59 Å². The van der Waals surface area contributed by atoms with Crippen LogP contribution in [0.3, 0.4) is 0 Å². The number of carbonyl (C=O) groups is 2. The van der Waals surface area contributed by atoms with E-state index in [-0.39, 0.29) is 17.7 Å². The van der Waals surface area contributed by atoms with Crippen LogP contribution in [-0.4, -0.2) is 70.8 Å². The standard InChI is InChI=1S/C24H30N4O2/c29-23(17-20-7-2-1-3-8-20)28-12-6-9-21(18-28)24(30)27-15-13-26(14-16-27)19-22-10-4-5-11-25-22/h1-5,7-8,10-11,21H,6,9,12-19H2/t21-/m1/s1. The van der Waals surface area contributed by atoms with Crippen molar-refractivity contribution >= 4 is 11.8 Å². The number of hydrogen-bond acceptors (Lipinski definition) is 4. The van der Waals surface area contributed by atoms with Crippen molar-refractivity contribution in [3.8, 4) is 0 Å². The van der Waals surface area contributed by atoms with E-state index in [2.05, 4.69) is 9.88 Å². The first-order chi connectivity index (χ1) is 14.7. The predicted octanol–water partition coefficient (Wildman–Crippen LogP) is 2.21. The molecule has 2 saturated heterocycles. The second-order valence-electron chi connectivity index (χ2n) is 8.26. The first-order valence-electron chi connectivity index (χ1n) is 10.9. The SMILES string of the molecule is O=C(Cc1ccccc1)N1CCC[C@@H](C(=O)N2CCN(Cc3ccccn3)CC2)C1. The van der Waals surface area contributed by atoms with Crippen molar-refractivity contribution in [1.29, 1.82) is 0 Å². The van der Waals surface area contributed by atoms with Gasteiger partial charge in [0.2, 0.25) is 11.8 Å². The highest BCUT2D eigenvalue weighted by atomic mass is 16.2. The molecule has 2 fully saturated rings. The molecule has 6 nitrogen and oxygen atoms in total. The number of likely N-dealkylation sites (tertiary alicyclic amines) is 1. The van der Waals surface area contributed by atoms with Crippen molar-refractivity contribution in [2.45, 2.75) is 25.8 Å². The fourth-order valence-corrected chi connectivity index (χ4v) is 4.39. The van der Waals surface area contributed by atoms with Crippen molar-refractivity contribution in [2.24, 2.45) is 5.92 Å². The van der Waals surface area contributed by atoms with Crippen LogP contribution >= 0.6 is 0 Å². The fourth-order valence-electron chi connectivity index (χ4n) is 4.39. The zero-order valence-electron chi connectivity index (χ0n) is 17.4.